The van der Waals surface area contributed by atoms with Crippen LogP contribution in [0.2, 0.25) is 5.15 Å². The number of hydrogen-bond donors (Lipinski definition) is 0. The van der Waals surface area contributed by atoms with Crippen molar-refractivity contribution in [3.63, 3.8) is 0 Å². The molecule has 0 saturated heterocycles. The predicted molar refractivity (Wildman–Crippen MR) is 41.1 cm³/mol. The molecule has 1 rings (SSSR count). The van der Waals surface area contributed by atoms with Crippen LogP contribution in [0.3, 0.4) is 0 Å². The molecule has 1 radical (unpaired) electrons. The fourth-order valence-electron chi connectivity index (χ4n) is 0.611. The van der Waals surface area contributed by atoms with Crippen LogP contribution in [0.4, 0.5) is 0 Å². The van der Waals surface area contributed by atoms with Crippen molar-refractivity contribution >= 4 is 11.6 Å². The molecule has 0 spiro atoms. The highest BCUT2D eigenvalue weighted by Gasteiger charge is 2.13. The summed E-state index contributed by atoms with van der Waals surface area (Å²) in [6.07, 6.45) is 2.92. The molecule has 2 nitrogen and oxygen atoms in total. The predicted octanol–water partition coefficient (Wildman–Crippen LogP) is 2.09. The van der Waals surface area contributed by atoms with Crippen LogP contribution in [-0.2, 0) is 5.54 Å². The van der Waals surface area contributed by atoms with Crippen LogP contribution in [0.5, 0.6) is 0 Å². The number of hydrogen-bond acceptors (Lipinski definition) is 1. The number of halogens is 1. The standard InChI is InChI=1S/C7H10ClN2/c1-7(2,3)10-5-4-6(8)9-10/h4H,1-3H3. The van der Waals surface area contributed by atoms with Gasteiger partial charge in [0.1, 0.15) is 0 Å². The molecule has 10 heavy (non-hydrogen) atoms. The average Bonchev–Trinajstić information content (AvgIpc) is 2.11. The first-order valence-corrected chi connectivity index (χ1v) is 3.52. The Morgan fingerprint density at radius 2 is 2.20 bits per heavy atom. The molecule has 0 bridgehead atoms. The van der Waals surface area contributed by atoms with Crippen molar-refractivity contribution in [2.24, 2.45) is 0 Å². The third-order valence-corrected chi connectivity index (χ3v) is 1.32. The minimum absolute atomic E-state index is 0.0207. The van der Waals surface area contributed by atoms with Gasteiger partial charge in [-0.25, -0.2) is 0 Å². The van der Waals surface area contributed by atoms with E-state index in [0.717, 1.165) is 0 Å². The Balaban J connectivity index is 2.96. The van der Waals surface area contributed by atoms with Gasteiger partial charge in [-0.2, -0.15) is 5.10 Å². The summed E-state index contributed by atoms with van der Waals surface area (Å²) in [7, 11) is 0. The smallest absolute Gasteiger partial charge is 0.151 e. The van der Waals surface area contributed by atoms with E-state index in [-0.39, 0.29) is 5.54 Å². The lowest BCUT2D eigenvalue weighted by Crippen LogP contribution is -2.22. The van der Waals surface area contributed by atoms with E-state index in [0.29, 0.717) is 5.15 Å². The molecule has 0 unspecified atom stereocenters. The van der Waals surface area contributed by atoms with E-state index in [9.17, 15) is 0 Å². The molecule has 55 valence electrons. The number of nitrogens with zero attached hydrogens (tertiary/aromatic N) is 2. The normalized spacial score (nSPS) is 12.0. The van der Waals surface area contributed by atoms with E-state index < -0.39 is 0 Å². The van der Waals surface area contributed by atoms with E-state index in [1.807, 2.05) is 20.8 Å². The average molecular weight is 158 g/mol. The zero-order chi connectivity index (χ0) is 7.78. The van der Waals surface area contributed by atoms with Crippen molar-refractivity contribution in [3.8, 4) is 0 Å². The van der Waals surface area contributed by atoms with Crippen molar-refractivity contribution in [1.29, 1.82) is 0 Å². The van der Waals surface area contributed by atoms with Gasteiger partial charge in [-0.05, 0) is 20.8 Å². The molecule has 0 saturated carbocycles. The summed E-state index contributed by atoms with van der Waals surface area (Å²) in [5, 5.41) is 4.50. The Hall–Kier alpha value is -0.500. The summed E-state index contributed by atoms with van der Waals surface area (Å²) < 4.78 is 1.72. The van der Waals surface area contributed by atoms with Crippen LogP contribution in [0.25, 0.3) is 0 Å². The summed E-state index contributed by atoms with van der Waals surface area (Å²) in [4.78, 5) is 0. The zero-order valence-corrected chi connectivity index (χ0v) is 7.11. The van der Waals surface area contributed by atoms with Gasteiger partial charge in [0, 0.05) is 6.07 Å². The first-order chi connectivity index (χ1) is 4.50. The minimum atomic E-state index is -0.0207. The summed E-state index contributed by atoms with van der Waals surface area (Å²) in [6, 6.07) is 1.66. The first kappa shape index (κ1) is 7.61. The molecule has 0 amide bonds. The summed E-state index contributed by atoms with van der Waals surface area (Å²) in [5.41, 5.74) is -0.0207. The Bertz CT molecular complexity index is 222. The summed E-state index contributed by atoms with van der Waals surface area (Å²) in [5.74, 6) is 0. The van der Waals surface area contributed by atoms with Crippen molar-refractivity contribution in [1.82, 2.24) is 9.78 Å². The Morgan fingerprint density at radius 1 is 1.60 bits per heavy atom. The van der Waals surface area contributed by atoms with Gasteiger partial charge in [0.2, 0.25) is 0 Å². The van der Waals surface area contributed by atoms with E-state index in [1.165, 1.54) is 0 Å². The molecular weight excluding hydrogens is 148 g/mol. The van der Waals surface area contributed by atoms with Crippen molar-refractivity contribution < 1.29 is 0 Å². The molecule has 0 N–H and O–H groups in total. The largest absolute Gasteiger partial charge is 0.257 e. The van der Waals surface area contributed by atoms with Gasteiger partial charge in [-0.3, -0.25) is 4.68 Å². The van der Waals surface area contributed by atoms with Crippen LogP contribution in [0, 0.1) is 6.20 Å². The monoisotopic (exact) mass is 157 g/mol. The third kappa shape index (κ3) is 1.51. The molecule has 3 heteroatoms. The molecule has 0 aromatic carbocycles. The summed E-state index contributed by atoms with van der Waals surface area (Å²) in [6.45, 7) is 6.15. The molecular formula is C7H10ClN2. The van der Waals surface area contributed by atoms with E-state index in [4.69, 9.17) is 11.6 Å². The minimum Gasteiger partial charge on any atom is -0.257 e. The van der Waals surface area contributed by atoms with Crippen molar-refractivity contribution in [2.45, 2.75) is 26.3 Å². The molecule has 1 aromatic rings. The number of aromatic nitrogens is 2. The maximum Gasteiger partial charge on any atom is 0.151 e. The van der Waals surface area contributed by atoms with E-state index >= 15 is 0 Å². The van der Waals surface area contributed by atoms with E-state index in [1.54, 1.807) is 10.7 Å². The Kier molecular flexibility index (Phi) is 1.73. The van der Waals surface area contributed by atoms with Crippen LogP contribution in [0.1, 0.15) is 20.8 Å². The Morgan fingerprint density at radius 3 is 2.40 bits per heavy atom. The molecule has 0 aliphatic carbocycles. The number of rotatable bonds is 0. The quantitative estimate of drug-likeness (QED) is 0.564. The highest BCUT2D eigenvalue weighted by atomic mass is 35.5. The van der Waals surface area contributed by atoms with Gasteiger partial charge in [0.15, 0.2) is 5.15 Å². The highest BCUT2D eigenvalue weighted by molar-refractivity contribution is 6.29. The highest BCUT2D eigenvalue weighted by Crippen LogP contribution is 2.13. The van der Waals surface area contributed by atoms with Crippen LogP contribution in [0.15, 0.2) is 6.07 Å². The molecule has 1 aromatic heterocycles. The van der Waals surface area contributed by atoms with Crippen LogP contribution < -0.4 is 0 Å². The second kappa shape index (κ2) is 2.27. The maximum atomic E-state index is 5.60. The maximum absolute atomic E-state index is 5.60. The lowest BCUT2D eigenvalue weighted by atomic mass is 10.1. The Labute approximate surface area is 65.8 Å². The van der Waals surface area contributed by atoms with Crippen molar-refractivity contribution in [3.05, 3.63) is 17.4 Å². The van der Waals surface area contributed by atoms with Gasteiger partial charge in [0.25, 0.3) is 0 Å². The second-order valence-corrected chi connectivity index (χ2v) is 3.57. The fourth-order valence-corrected chi connectivity index (χ4v) is 0.736. The second-order valence-electron chi connectivity index (χ2n) is 3.18. The topological polar surface area (TPSA) is 17.8 Å². The zero-order valence-electron chi connectivity index (χ0n) is 6.35. The third-order valence-electron chi connectivity index (χ3n) is 1.14. The van der Waals surface area contributed by atoms with Gasteiger partial charge in [-0.1, -0.05) is 11.6 Å². The van der Waals surface area contributed by atoms with Gasteiger partial charge in [0.05, 0.1) is 11.7 Å². The molecule has 0 fully saturated rings. The summed E-state index contributed by atoms with van der Waals surface area (Å²) >= 11 is 5.60. The molecule has 0 atom stereocenters. The van der Waals surface area contributed by atoms with Gasteiger partial charge < -0.3 is 0 Å². The lowest BCUT2D eigenvalue weighted by molar-refractivity contribution is 0.353. The molecule has 0 aliphatic heterocycles. The van der Waals surface area contributed by atoms with Gasteiger partial charge >= 0.3 is 0 Å². The van der Waals surface area contributed by atoms with Crippen LogP contribution in [-0.4, -0.2) is 9.78 Å². The van der Waals surface area contributed by atoms with E-state index in [2.05, 4.69) is 11.3 Å². The lowest BCUT2D eigenvalue weighted by Gasteiger charge is -2.17. The molecule has 0 aliphatic rings. The first-order valence-electron chi connectivity index (χ1n) is 3.14. The van der Waals surface area contributed by atoms with Gasteiger partial charge in [-0.15, -0.1) is 0 Å². The SMILES string of the molecule is CC(C)(C)n1[c]cc(Cl)n1. The fraction of sp³-hybridized carbons (Fsp3) is 0.571. The molecule has 1 heterocycles. The van der Waals surface area contributed by atoms with Crippen molar-refractivity contribution in [2.75, 3.05) is 0 Å². The van der Waals surface area contributed by atoms with Crippen LogP contribution >= 0.6 is 11.6 Å².